The van der Waals surface area contributed by atoms with Gasteiger partial charge < -0.3 is 9.73 Å². The van der Waals surface area contributed by atoms with E-state index in [4.69, 9.17) is 4.42 Å². The smallest absolute Gasteiger partial charge is 0.269 e. The maximum absolute atomic E-state index is 12.2. The number of rotatable bonds is 8. The van der Waals surface area contributed by atoms with Crippen molar-refractivity contribution in [1.82, 2.24) is 9.97 Å². The van der Waals surface area contributed by atoms with Crippen LogP contribution >= 0.6 is 23.1 Å². The van der Waals surface area contributed by atoms with Crippen molar-refractivity contribution < 1.29 is 14.1 Å². The summed E-state index contributed by atoms with van der Waals surface area (Å²) in [5, 5.41) is 14.0. The number of benzene rings is 1. The Bertz CT molecular complexity index is 968. The van der Waals surface area contributed by atoms with Crippen molar-refractivity contribution in [3.05, 3.63) is 64.0 Å². The molecule has 2 aromatic heterocycles. The number of aromatic nitrogens is 2. The molecule has 1 atom stereocenters. The van der Waals surface area contributed by atoms with Gasteiger partial charge in [0, 0.05) is 18.6 Å². The summed E-state index contributed by atoms with van der Waals surface area (Å²) in [7, 11) is 0. The zero-order chi connectivity index (χ0) is 20.1. The molecule has 146 valence electrons. The lowest BCUT2D eigenvalue weighted by Crippen LogP contribution is -2.14. The fraction of sp³-hybridized carbons (Fsp3) is 0.278. The van der Waals surface area contributed by atoms with Gasteiger partial charge in [-0.2, -0.15) is 0 Å². The van der Waals surface area contributed by atoms with Gasteiger partial charge in [-0.3, -0.25) is 14.9 Å². The first-order chi connectivity index (χ1) is 13.4. The normalized spacial score (nSPS) is 11.9. The number of thiazole rings is 1. The van der Waals surface area contributed by atoms with E-state index >= 15 is 0 Å². The molecule has 0 aliphatic heterocycles. The number of hydrogen-bond donors (Lipinski definition) is 1. The number of aryl methyl sites for hydroxylation is 1. The van der Waals surface area contributed by atoms with Crippen molar-refractivity contribution in [2.45, 2.75) is 36.1 Å². The van der Waals surface area contributed by atoms with Crippen LogP contribution in [-0.4, -0.2) is 20.8 Å². The number of nitrogens with zero attached hydrogens (tertiary/aromatic N) is 3. The minimum Gasteiger partial charge on any atom is -0.445 e. The molecule has 0 saturated heterocycles. The van der Waals surface area contributed by atoms with Gasteiger partial charge in [-0.05, 0) is 12.5 Å². The lowest BCUT2D eigenvalue weighted by atomic mass is 10.1. The lowest BCUT2D eigenvalue weighted by Gasteiger charge is -2.04. The van der Waals surface area contributed by atoms with E-state index < -0.39 is 4.92 Å². The van der Waals surface area contributed by atoms with Crippen LogP contribution in [-0.2, 0) is 17.6 Å². The summed E-state index contributed by atoms with van der Waals surface area (Å²) in [6.07, 6.45) is 4.36. The summed E-state index contributed by atoms with van der Waals surface area (Å²) >= 11 is 2.94. The highest BCUT2D eigenvalue weighted by Crippen LogP contribution is 2.38. The Morgan fingerprint density at radius 1 is 1.32 bits per heavy atom. The largest absolute Gasteiger partial charge is 0.445 e. The molecule has 0 radical (unpaired) electrons. The second kappa shape index (κ2) is 8.98. The number of non-ortho nitro benzene ring substituents is 1. The Kier molecular flexibility index (Phi) is 6.42. The van der Waals surface area contributed by atoms with Gasteiger partial charge in [-0.15, -0.1) is 11.8 Å². The molecule has 3 aromatic rings. The van der Waals surface area contributed by atoms with Crippen molar-refractivity contribution in [3.63, 3.8) is 0 Å². The molecule has 2 heterocycles. The average Bonchev–Trinajstić information content (AvgIpc) is 3.31. The fourth-order valence-electron chi connectivity index (χ4n) is 2.35. The summed E-state index contributed by atoms with van der Waals surface area (Å²) < 4.78 is 6.61. The van der Waals surface area contributed by atoms with E-state index in [0.717, 1.165) is 16.4 Å². The predicted molar refractivity (Wildman–Crippen MR) is 108 cm³/mol. The van der Waals surface area contributed by atoms with Crippen LogP contribution in [0.1, 0.15) is 36.3 Å². The molecule has 1 unspecified atom stereocenters. The third-order valence-electron chi connectivity index (χ3n) is 3.80. The molecular formula is C18H18N4O4S2. The van der Waals surface area contributed by atoms with Crippen molar-refractivity contribution in [2.24, 2.45) is 0 Å². The molecule has 3 rings (SSSR count). The zero-order valence-electron chi connectivity index (χ0n) is 15.2. The van der Waals surface area contributed by atoms with Gasteiger partial charge in [-0.1, -0.05) is 30.4 Å². The third-order valence-corrected chi connectivity index (χ3v) is 5.94. The molecule has 10 heteroatoms. The SMILES string of the molecule is CCc1cnc(C(C)Sc2cnc(NC(=O)Cc3ccc([N+](=O)[O-])cc3)s2)o1. The minimum absolute atomic E-state index is 0.00280. The standard InChI is InChI=1S/C18H18N4O4S2/c1-3-14-9-19-17(26-14)11(2)27-16-10-20-18(28-16)21-15(23)8-12-4-6-13(7-5-12)22(24)25/h4-7,9-11H,3,8H2,1-2H3,(H,20,21,23). The fourth-order valence-corrected chi connectivity index (χ4v) is 4.45. The van der Waals surface area contributed by atoms with E-state index in [0.29, 0.717) is 16.6 Å². The molecule has 1 aromatic carbocycles. The lowest BCUT2D eigenvalue weighted by molar-refractivity contribution is -0.384. The zero-order valence-corrected chi connectivity index (χ0v) is 16.9. The van der Waals surface area contributed by atoms with Crippen LogP contribution in [0.25, 0.3) is 0 Å². The minimum atomic E-state index is -0.471. The van der Waals surface area contributed by atoms with Crippen molar-refractivity contribution in [1.29, 1.82) is 0 Å². The monoisotopic (exact) mass is 418 g/mol. The molecule has 0 aliphatic carbocycles. The number of carbonyl (C=O) groups excluding carboxylic acids is 1. The number of hydrogen-bond acceptors (Lipinski definition) is 8. The van der Waals surface area contributed by atoms with Gasteiger partial charge in [0.1, 0.15) is 5.76 Å². The summed E-state index contributed by atoms with van der Waals surface area (Å²) in [5.41, 5.74) is 0.690. The third kappa shape index (κ3) is 5.17. The van der Waals surface area contributed by atoms with Crippen molar-refractivity contribution in [2.75, 3.05) is 5.32 Å². The maximum atomic E-state index is 12.2. The van der Waals surface area contributed by atoms with Crippen molar-refractivity contribution >= 4 is 39.8 Å². The van der Waals surface area contributed by atoms with Gasteiger partial charge in [0.25, 0.3) is 5.69 Å². The van der Waals surface area contributed by atoms with Gasteiger partial charge in [-0.25, -0.2) is 9.97 Å². The molecule has 0 aliphatic rings. The first-order valence-corrected chi connectivity index (χ1v) is 10.2. The van der Waals surface area contributed by atoms with E-state index in [2.05, 4.69) is 15.3 Å². The molecule has 8 nitrogen and oxygen atoms in total. The number of carbonyl (C=O) groups is 1. The van der Waals surface area contributed by atoms with Crippen LogP contribution < -0.4 is 5.32 Å². The van der Waals surface area contributed by atoms with Gasteiger partial charge in [0.15, 0.2) is 5.13 Å². The van der Waals surface area contributed by atoms with E-state index in [1.54, 1.807) is 36.3 Å². The van der Waals surface area contributed by atoms with Gasteiger partial charge in [0.05, 0.1) is 33.2 Å². The molecule has 28 heavy (non-hydrogen) atoms. The Morgan fingerprint density at radius 2 is 2.07 bits per heavy atom. The molecular weight excluding hydrogens is 400 g/mol. The van der Waals surface area contributed by atoms with Gasteiger partial charge >= 0.3 is 0 Å². The predicted octanol–water partition coefficient (Wildman–Crippen LogP) is 4.64. The Labute approximate surface area is 169 Å². The summed E-state index contributed by atoms with van der Waals surface area (Å²) in [4.78, 5) is 30.9. The topological polar surface area (TPSA) is 111 Å². The van der Waals surface area contributed by atoms with Crippen LogP contribution in [0.4, 0.5) is 10.8 Å². The van der Waals surface area contributed by atoms with Crippen LogP contribution in [0.5, 0.6) is 0 Å². The number of thioether (sulfide) groups is 1. The Balaban J connectivity index is 1.54. The van der Waals surface area contributed by atoms with Crippen LogP contribution in [0.3, 0.4) is 0 Å². The quantitative estimate of drug-likeness (QED) is 0.322. The second-order valence-electron chi connectivity index (χ2n) is 5.91. The summed E-state index contributed by atoms with van der Waals surface area (Å²) in [6, 6.07) is 5.91. The number of nitro groups is 1. The molecule has 0 saturated carbocycles. The first kappa shape index (κ1) is 20.0. The van der Waals surface area contributed by atoms with Crippen molar-refractivity contribution in [3.8, 4) is 0 Å². The Hall–Kier alpha value is -2.72. The average molecular weight is 419 g/mol. The first-order valence-electron chi connectivity index (χ1n) is 8.55. The molecule has 1 N–H and O–H groups in total. The van der Waals surface area contributed by atoms with E-state index in [1.807, 2.05) is 13.8 Å². The van der Waals surface area contributed by atoms with E-state index in [-0.39, 0.29) is 23.3 Å². The number of nitrogens with one attached hydrogen (secondary N) is 1. The summed E-state index contributed by atoms with van der Waals surface area (Å²) in [6.45, 7) is 4.01. The number of amides is 1. The molecule has 1 amide bonds. The van der Waals surface area contributed by atoms with E-state index in [9.17, 15) is 14.9 Å². The summed E-state index contributed by atoms with van der Waals surface area (Å²) in [5.74, 6) is 1.29. The Morgan fingerprint density at radius 3 is 2.71 bits per heavy atom. The van der Waals surface area contributed by atoms with Crippen LogP contribution in [0.15, 0.2) is 45.3 Å². The highest BCUT2D eigenvalue weighted by atomic mass is 32.2. The van der Waals surface area contributed by atoms with Gasteiger partial charge in [0.2, 0.25) is 11.8 Å². The molecule has 0 fully saturated rings. The van der Waals surface area contributed by atoms with E-state index in [1.165, 1.54) is 23.5 Å². The maximum Gasteiger partial charge on any atom is 0.269 e. The number of nitro benzene ring substituents is 1. The second-order valence-corrected chi connectivity index (χ2v) is 8.58. The highest BCUT2D eigenvalue weighted by molar-refractivity contribution is 8.01. The number of anilines is 1. The highest BCUT2D eigenvalue weighted by Gasteiger charge is 2.16. The number of oxazole rings is 1. The molecule has 0 spiro atoms. The van der Waals surface area contributed by atoms with Crippen LogP contribution in [0.2, 0.25) is 0 Å². The van der Waals surface area contributed by atoms with Crippen LogP contribution in [0, 0.1) is 10.1 Å². The molecule has 0 bridgehead atoms.